The number of aryl methyl sites for hydroxylation is 1. The topological polar surface area (TPSA) is 48.5 Å². The van der Waals surface area contributed by atoms with Crippen LogP contribution in [0.25, 0.3) is 0 Å². The summed E-state index contributed by atoms with van der Waals surface area (Å²) in [6.45, 7) is 6.33. The van der Waals surface area contributed by atoms with Crippen LogP contribution in [0.4, 0.5) is 5.82 Å². The Morgan fingerprint density at radius 1 is 1.19 bits per heavy atom. The maximum absolute atomic E-state index is 11.7. The van der Waals surface area contributed by atoms with Crippen LogP contribution in [-0.4, -0.2) is 49.0 Å². The normalized spacial score (nSPS) is 20.2. The third-order valence-corrected chi connectivity index (χ3v) is 4.96. The van der Waals surface area contributed by atoms with Crippen LogP contribution in [0.3, 0.4) is 0 Å². The highest BCUT2D eigenvalue weighted by Gasteiger charge is 2.34. The van der Waals surface area contributed by atoms with E-state index in [0.29, 0.717) is 5.92 Å². The first-order valence-corrected chi connectivity index (χ1v) is 9.10. The van der Waals surface area contributed by atoms with Crippen molar-refractivity contribution in [1.82, 2.24) is 15.2 Å². The molecule has 1 aliphatic rings. The maximum Gasteiger partial charge on any atom is 0.217 e. The number of aromatic nitrogens is 1. The minimum atomic E-state index is 0.0333. The van der Waals surface area contributed by atoms with Gasteiger partial charge in [0.05, 0.1) is 0 Å². The molecule has 138 valence electrons. The van der Waals surface area contributed by atoms with Crippen molar-refractivity contribution >= 4 is 11.7 Å². The molecule has 1 aromatic heterocycles. The number of carbonyl (C=O) groups excluding carboxylic acids is 1. The molecule has 1 aromatic carbocycles. The van der Waals surface area contributed by atoms with E-state index in [-0.39, 0.29) is 11.9 Å². The van der Waals surface area contributed by atoms with Crippen LogP contribution in [0, 0.1) is 6.92 Å². The molecule has 5 heteroatoms. The average Bonchev–Trinajstić information content (AvgIpc) is 2.97. The summed E-state index contributed by atoms with van der Waals surface area (Å²) in [4.78, 5) is 20.6. The first kappa shape index (κ1) is 18.4. The Hall–Kier alpha value is -2.40. The van der Waals surface area contributed by atoms with E-state index < -0.39 is 0 Å². The highest BCUT2D eigenvalue weighted by atomic mass is 16.1. The number of hydrogen-bond acceptors (Lipinski definition) is 4. The number of benzene rings is 1. The van der Waals surface area contributed by atoms with E-state index >= 15 is 0 Å². The van der Waals surface area contributed by atoms with Gasteiger partial charge in [-0.3, -0.25) is 9.69 Å². The van der Waals surface area contributed by atoms with E-state index in [1.807, 2.05) is 31.3 Å². The van der Waals surface area contributed by atoms with Crippen molar-refractivity contribution in [3.63, 3.8) is 0 Å². The monoisotopic (exact) mass is 352 g/mol. The van der Waals surface area contributed by atoms with Crippen molar-refractivity contribution in [1.29, 1.82) is 0 Å². The Bertz CT molecular complexity index is 740. The zero-order valence-electron chi connectivity index (χ0n) is 16.1. The fourth-order valence-corrected chi connectivity index (χ4v) is 3.61. The molecule has 1 fully saturated rings. The number of rotatable bonds is 5. The smallest absolute Gasteiger partial charge is 0.217 e. The van der Waals surface area contributed by atoms with Crippen LogP contribution >= 0.6 is 0 Å². The molecule has 0 saturated carbocycles. The molecular weight excluding hydrogens is 324 g/mol. The fraction of sp³-hybridized carbons (Fsp3) is 0.429. The fourth-order valence-electron chi connectivity index (χ4n) is 3.61. The van der Waals surface area contributed by atoms with E-state index in [0.717, 1.165) is 25.5 Å². The van der Waals surface area contributed by atoms with E-state index in [9.17, 15) is 4.79 Å². The van der Waals surface area contributed by atoms with E-state index in [4.69, 9.17) is 0 Å². The SMILES string of the molecule is CC(=O)NC1CN(Cc2ccc(N(C)C)nc2)CC1c1ccc(C)cc1. The minimum Gasteiger partial charge on any atom is -0.363 e. The van der Waals surface area contributed by atoms with Crippen molar-refractivity contribution in [2.24, 2.45) is 0 Å². The minimum absolute atomic E-state index is 0.0333. The summed E-state index contributed by atoms with van der Waals surface area (Å²) in [5, 5.41) is 3.14. The Labute approximate surface area is 156 Å². The lowest BCUT2D eigenvalue weighted by molar-refractivity contribution is -0.119. The zero-order chi connectivity index (χ0) is 18.7. The molecule has 2 heterocycles. The third kappa shape index (κ3) is 4.41. The lowest BCUT2D eigenvalue weighted by Crippen LogP contribution is -2.38. The molecule has 2 atom stereocenters. The summed E-state index contributed by atoms with van der Waals surface area (Å²) in [7, 11) is 3.99. The lowest BCUT2D eigenvalue weighted by Gasteiger charge is -2.19. The van der Waals surface area contributed by atoms with Gasteiger partial charge in [0.2, 0.25) is 5.91 Å². The second kappa shape index (κ2) is 7.87. The molecule has 1 saturated heterocycles. The number of likely N-dealkylation sites (tertiary alicyclic amines) is 1. The quantitative estimate of drug-likeness (QED) is 0.898. The standard InChI is InChI=1S/C21H28N4O/c1-15-5-8-18(9-6-15)19-13-25(14-20(19)23-16(2)26)12-17-7-10-21(22-11-17)24(3)4/h5-11,19-20H,12-14H2,1-4H3,(H,23,26). The van der Waals surface area contributed by atoms with Gasteiger partial charge in [0.1, 0.15) is 5.82 Å². The number of amides is 1. The van der Waals surface area contributed by atoms with Gasteiger partial charge in [0.25, 0.3) is 0 Å². The molecule has 1 aliphatic heterocycles. The van der Waals surface area contributed by atoms with Crippen molar-refractivity contribution in [2.75, 3.05) is 32.1 Å². The van der Waals surface area contributed by atoms with Crippen molar-refractivity contribution < 1.29 is 4.79 Å². The van der Waals surface area contributed by atoms with Crippen LogP contribution in [0.2, 0.25) is 0 Å². The highest BCUT2D eigenvalue weighted by molar-refractivity contribution is 5.73. The Kier molecular flexibility index (Phi) is 5.57. The van der Waals surface area contributed by atoms with Crippen molar-refractivity contribution in [3.05, 3.63) is 59.3 Å². The lowest BCUT2D eigenvalue weighted by atomic mass is 9.93. The third-order valence-electron chi connectivity index (χ3n) is 4.96. The van der Waals surface area contributed by atoms with Crippen LogP contribution in [0.15, 0.2) is 42.6 Å². The average molecular weight is 352 g/mol. The van der Waals surface area contributed by atoms with Gasteiger partial charge in [0, 0.05) is 58.8 Å². The number of nitrogens with one attached hydrogen (secondary N) is 1. The second-order valence-electron chi connectivity index (χ2n) is 7.44. The summed E-state index contributed by atoms with van der Waals surface area (Å²) in [5.41, 5.74) is 3.74. The van der Waals surface area contributed by atoms with Gasteiger partial charge in [-0.2, -0.15) is 0 Å². The summed E-state index contributed by atoms with van der Waals surface area (Å²) in [5.74, 6) is 1.31. The zero-order valence-corrected chi connectivity index (χ0v) is 16.1. The van der Waals surface area contributed by atoms with Gasteiger partial charge in [0.15, 0.2) is 0 Å². The van der Waals surface area contributed by atoms with E-state index in [1.54, 1.807) is 6.92 Å². The molecule has 3 rings (SSSR count). The van der Waals surface area contributed by atoms with E-state index in [1.165, 1.54) is 16.7 Å². The summed E-state index contributed by atoms with van der Waals surface area (Å²) in [6.07, 6.45) is 1.95. The highest BCUT2D eigenvalue weighted by Crippen LogP contribution is 2.29. The van der Waals surface area contributed by atoms with Crippen molar-refractivity contribution in [2.45, 2.75) is 32.4 Å². The van der Waals surface area contributed by atoms with Crippen LogP contribution < -0.4 is 10.2 Å². The van der Waals surface area contributed by atoms with Crippen LogP contribution in [0.5, 0.6) is 0 Å². The van der Waals surface area contributed by atoms with E-state index in [2.05, 4.69) is 52.5 Å². The molecule has 1 N–H and O–H groups in total. The van der Waals surface area contributed by atoms with Gasteiger partial charge in [-0.05, 0) is 24.1 Å². The van der Waals surface area contributed by atoms with Crippen molar-refractivity contribution in [3.8, 4) is 0 Å². The summed E-state index contributed by atoms with van der Waals surface area (Å²) >= 11 is 0. The maximum atomic E-state index is 11.7. The van der Waals surface area contributed by atoms with Gasteiger partial charge >= 0.3 is 0 Å². The van der Waals surface area contributed by atoms with Gasteiger partial charge in [-0.15, -0.1) is 0 Å². The predicted octanol–water partition coefficient (Wildman–Crippen LogP) is 2.56. The number of hydrogen-bond donors (Lipinski definition) is 1. The molecule has 0 aliphatic carbocycles. The molecule has 2 unspecified atom stereocenters. The van der Waals surface area contributed by atoms with Crippen LogP contribution in [0.1, 0.15) is 29.5 Å². The Balaban J connectivity index is 1.73. The molecule has 5 nitrogen and oxygen atoms in total. The largest absolute Gasteiger partial charge is 0.363 e. The Morgan fingerprint density at radius 2 is 1.92 bits per heavy atom. The van der Waals surface area contributed by atoms with Gasteiger partial charge in [-0.1, -0.05) is 35.9 Å². The molecule has 26 heavy (non-hydrogen) atoms. The number of carbonyl (C=O) groups is 1. The first-order chi connectivity index (χ1) is 12.4. The molecule has 0 bridgehead atoms. The summed E-state index contributed by atoms with van der Waals surface area (Å²) in [6, 6.07) is 13.0. The first-order valence-electron chi connectivity index (χ1n) is 9.10. The van der Waals surface area contributed by atoms with Crippen LogP contribution in [-0.2, 0) is 11.3 Å². The summed E-state index contributed by atoms with van der Waals surface area (Å²) < 4.78 is 0. The molecule has 1 amide bonds. The Morgan fingerprint density at radius 3 is 2.50 bits per heavy atom. The number of pyridine rings is 1. The number of anilines is 1. The van der Waals surface area contributed by atoms with Gasteiger partial charge < -0.3 is 10.2 Å². The van der Waals surface area contributed by atoms with Gasteiger partial charge in [-0.25, -0.2) is 4.98 Å². The number of nitrogens with zero attached hydrogens (tertiary/aromatic N) is 3. The molecule has 0 radical (unpaired) electrons. The molecule has 0 spiro atoms. The molecular formula is C21H28N4O. The second-order valence-corrected chi connectivity index (χ2v) is 7.44. The molecule has 2 aromatic rings. The predicted molar refractivity (Wildman–Crippen MR) is 105 cm³/mol.